The Labute approximate surface area is 151 Å². The van der Waals surface area contributed by atoms with Crippen LogP contribution in [0.15, 0.2) is 24.3 Å². The maximum atomic E-state index is 13.5. The Kier molecular flexibility index (Phi) is 6.32. The largest absolute Gasteiger partial charge is 0.494 e. The summed E-state index contributed by atoms with van der Waals surface area (Å²) < 4.78 is 5.87. The van der Waals surface area contributed by atoms with Crippen molar-refractivity contribution in [2.24, 2.45) is 0 Å². The molecule has 0 aromatic heterocycles. The van der Waals surface area contributed by atoms with Gasteiger partial charge in [0.2, 0.25) is 5.91 Å². The lowest BCUT2D eigenvalue weighted by molar-refractivity contribution is -0.139. The third-order valence-electron chi connectivity index (χ3n) is 5.30. The second-order valence-corrected chi connectivity index (χ2v) is 7.05. The summed E-state index contributed by atoms with van der Waals surface area (Å²) in [6.07, 6.45) is 3.46. The Morgan fingerprint density at radius 3 is 2.72 bits per heavy atom. The minimum atomic E-state index is -0.252. The van der Waals surface area contributed by atoms with E-state index in [1.165, 1.54) is 6.42 Å². The molecule has 2 heterocycles. The van der Waals surface area contributed by atoms with Gasteiger partial charge < -0.3 is 15.0 Å². The van der Waals surface area contributed by atoms with Gasteiger partial charge in [0, 0.05) is 44.3 Å². The molecule has 5 heteroatoms. The van der Waals surface area contributed by atoms with Crippen molar-refractivity contribution in [3.05, 3.63) is 29.8 Å². The second kappa shape index (κ2) is 8.68. The fraction of sp³-hybridized carbons (Fsp3) is 0.650. The minimum absolute atomic E-state index is 0.237. The molecule has 2 unspecified atom stereocenters. The van der Waals surface area contributed by atoms with Crippen molar-refractivity contribution >= 4 is 5.91 Å². The van der Waals surface area contributed by atoms with Crippen LogP contribution in [0.2, 0.25) is 0 Å². The summed E-state index contributed by atoms with van der Waals surface area (Å²) in [5.74, 6) is 1.08. The summed E-state index contributed by atoms with van der Waals surface area (Å²) in [6.45, 7) is 9.28. The molecule has 0 saturated carbocycles. The molecule has 1 amide bonds. The highest BCUT2D eigenvalue weighted by atomic mass is 16.5. The van der Waals surface area contributed by atoms with E-state index in [0.29, 0.717) is 12.6 Å². The summed E-state index contributed by atoms with van der Waals surface area (Å²) in [7, 11) is 0. The zero-order valence-corrected chi connectivity index (χ0v) is 15.5. The molecule has 0 bridgehead atoms. The molecule has 2 fully saturated rings. The standard InChI is InChI=1S/C20H31N3O2/c1-3-25-18-10-6-5-9-17(18)19(23-14-11-21-15-16(23)2)20(24)22-12-7-4-8-13-22/h5-6,9-10,16,19,21H,3-4,7-8,11-15H2,1-2H3. The van der Waals surface area contributed by atoms with E-state index >= 15 is 0 Å². The number of carbonyl (C=O) groups is 1. The average molecular weight is 345 g/mol. The quantitative estimate of drug-likeness (QED) is 0.890. The number of piperidine rings is 1. The molecule has 1 aromatic rings. The monoisotopic (exact) mass is 345 g/mol. The Morgan fingerprint density at radius 2 is 2.00 bits per heavy atom. The first-order valence-electron chi connectivity index (χ1n) is 9.69. The zero-order chi connectivity index (χ0) is 17.6. The van der Waals surface area contributed by atoms with E-state index in [-0.39, 0.29) is 11.9 Å². The number of piperazine rings is 1. The number of rotatable bonds is 5. The minimum Gasteiger partial charge on any atom is -0.494 e. The number of likely N-dealkylation sites (tertiary alicyclic amines) is 1. The molecule has 2 saturated heterocycles. The molecular formula is C20H31N3O2. The Morgan fingerprint density at radius 1 is 1.24 bits per heavy atom. The lowest BCUT2D eigenvalue weighted by atomic mass is 9.98. The number of carbonyl (C=O) groups excluding carboxylic acids is 1. The molecule has 0 radical (unpaired) electrons. The smallest absolute Gasteiger partial charge is 0.244 e. The van der Waals surface area contributed by atoms with E-state index < -0.39 is 0 Å². The van der Waals surface area contributed by atoms with Crippen molar-refractivity contribution in [3.63, 3.8) is 0 Å². The van der Waals surface area contributed by atoms with Gasteiger partial charge in [0.15, 0.2) is 0 Å². The van der Waals surface area contributed by atoms with Crippen molar-refractivity contribution in [3.8, 4) is 5.75 Å². The van der Waals surface area contributed by atoms with Gasteiger partial charge in [-0.1, -0.05) is 18.2 Å². The van der Waals surface area contributed by atoms with Crippen LogP contribution in [0.1, 0.15) is 44.7 Å². The van der Waals surface area contributed by atoms with Gasteiger partial charge in [-0.05, 0) is 39.2 Å². The maximum absolute atomic E-state index is 13.5. The highest BCUT2D eigenvalue weighted by Gasteiger charge is 2.36. The first kappa shape index (κ1) is 18.2. The third-order valence-corrected chi connectivity index (χ3v) is 5.30. The summed E-state index contributed by atoms with van der Waals surface area (Å²) >= 11 is 0. The van der Waals surface area contributed by atoms with Gasteiger partial charge in [0.1, 0.15) is 11.8 Å². The van der Waals surface area contributed by atoms with Crippen molar-refractivity contribution < 1.29 is 9.53 Å². The van der Waals surface area contributed by atoms with E-state index in [4.69, 9.17) is 4.74 Å². The number of nitrogens with zero attached hydrogens (tertiary/aromatic N) is 2. The molecular weight excluding hydrogens is 314 g/mol. The van der Waals surface area contributed by atoms with E-state index in [1.807, 2.05) is 25.1 Å². The van der Waals surface area contributed by atoms with Crippen molar-refractivity contribution in [2.75, 3.05) is 39.3 Å². The fourth-order valence-corrected chi connectivity index (χ4v) is 3.97. The van der Waals surface area contributed by atoms with Crippen molar-refractivity contribution in [1.29, 1.82) is 0 Å². The van der Waals surface area contributed by atoms with Gasteiger partial charge in [0.05, 0.1) is 6.61 Å². The predicted molar refractivity (Wildman–Crippen MR) is 99.8 cm³/mol. The van der Waals surface area contributed by atoms with Gasteiger partial charge >= 0.3 is 0 Å². The summed E-state index contributed by atoms with van der Waals surface area (Å²) in [4.78, 5) is 17.9. The third kappa shape index (κ3) is 4.15. The van der Waals surface area contributed by atoms with Gasteiger partial charge in [-0.25, -0.2) is 0 Å². The van der Waals surface area contributed by atoms with Gasteiger partial charge in [-0.2, -0.15) is 0 Å². The molecule has 3 rings (SSSR count). The highest BCUT2D eigenvalue weighted by Crippen LogP contribution is 2.33. The average Bonchev–Trinajstić information content (AvgIpc) is 2.65. The molecule has 0 spiro atoms. The summed E-state index contributed by atoms with van der Waals surface area (Å²) in [5.41, 5.74) is 1.01. The van der Waals surface area contributed by atoms with Crippen LogP contribution in [-0.2, 0) is 4.79 Å². The zero-order valence-electron chi connectivity index (χ0n) is 15.5. The first-order valence-corrected chi connectivity index (χ1v) is 9.69. The highest BCUT2D eigenvalue weighted by molar-refractivity contribution is 5.84. The lowest BCUT2D eigenvalue weighted by Gasteiger charge is -2.42. The number of para-hydroxylation sites is 1. The van der Waals surface area contributed by atoms with Crippen LogP contribution in [0.25, 0.3) is 0 Å². The van der Waals surface area contributed by atoms with Crippen LogP contribution in [-0.4, -0.2) is 61.1 Å². The number of hydrogen-bond acceptors (Lipinski definition) is 4. The molecule has 2 aliphatic heterocycles. The van der Waals surface area contributed by atoms with Crippen LogP contribution >= 0.6 is 0 Å². The van der Waals surface area contributed by atoms with Gasteiger partial charge in [0.25, 0.3) is 0 Å². The lowest BCUT2D eigenvalue weighted by Crippen LogP contribution is -2.55. The molecule has 2 atom stereocenters. The molecule has 5 nitrogen and oxygen atoms in total. The van der Waals surface area contributed by atoms with Crippen LogP contribution < -0.4 is 10.1 Å². The molecule has 2 aliphatic rings. The predicted octanol–water partition coefficient (Wildman–Crippen LogP) is 2.43. The molecule has 25 heavy (non-hydrogen) atoms. The van der Waals surface area contributed by atoms with E-state index in [9.17, 15) is 4.79 Å². The Hall–Kier alpha value is -1.59. The van der Waals surface area contributed by atoms with E-state index in [0.717, 1.165) is 56.9 Å². The SMILES string of the molecule is CCOc1ccccc1C(C(=O)N1CCCCC1)N1CCNCC1C. The van der Waals surface area contributed by atoms with E-state index in [1.54, 1.807) is 0 Å². The number of hydrogen-bond donors (Lipinski definition) is 1. The second-order valence-electron chi connectivity index (χ2n) is 7.05. The number of nitrogens with one attached hydrogen (secondary N) is 1. The summed E-state index contributed by atoms with van der Waals surface area (Å²) in [5, 5.41) is 3.43. The molecule has 1 aromatic carbocycles. The van der Waals surface area contributed by atoms with Crippen LogP contribution in [0.3, 0.4) is 0 Å². The first-order chi connectivity index (χ1) is 12.2. The van der Waals surface area contributed by atoms with Crippen molar-refractivity contribution in [2.45, 2.75) is 45.2 Å². The van der Waals surface area contributed by atoms with Crippen LogP contribution in [0, 0.1) is 0 Å². The van der Waals surface area contributed by atoms with Gasteiger partial charge in [-0.15, -0.1) is 0 Å². The fourth-order valence-electron chi connectivity index (χ4n) is 3.97. The molecule has 138 valence electrons. The number of amides is 1. The van der Waals surface area contributed by atoms with Gasteiger partial charge in [-0.3, -0.25) is 9.69 Å². The topological polar surface area (TPSA) is 44.8 Å². The summed E-state index contributed by atoms with van der Waals surface area (Å²) in [6, 6.07) is 8.12. The van der Waals surface area contributed by atoms with Crippen LogP contribution in [0.4, 0.5) is 0 Å². The maximum Gasteiger partial charge on any atom is 0.244 e. The Balaban J connectivity index is 1.95. The van der Waals surface area contributed by atoms with Crippen LogP contribution in [0.5, 0.6) is 5.75 Å². The number of benzene rings is 1. The molecule has 1 N–H and O–H groups in total. The van der Waals surface area contributed by atoms with Crippen molar-refractivity contribution in [1.82, 2.24) is 15.1 Å². The molecule has 0 aliphatic carbocycles. The normalized spacial score (nSPS) is 23.3. The number of ether oxygens (including phenoxy) is 1. The Bertz CT molecular complexity index is 572. The van der Waals surface area contributed by atoms with E-state index in [2.05, 4.69) is 28.1 Å².